The van der Waals surface area contributed by atoms with Gasteiger partial charge in [0.2, 0.25) is 5.91 Å². The van der Waals surface area contributed by atoms with Gasteiger partial charge in [-0.15, -0.1) is 11.3 Å². The Kier molecular flexibility index (Phi) is 6.01. The molecule has 128 valence electrons. The van der Waals surface area contributed by atoms with Crippen LogP contribution in [0.3, 0.4) is 0 Å². The minimum absolute atomic E-state index is 0.313. The van der Waals surface area contributed by atoms with Crippen LogP contribution in [0.25, 0.3) is 0 Å². The molecule has 0 aliphatic carbocycles. The highest BCUT2D eigenvalue weighted by Gasteiger charge is 2.23. The molecule has 1 amide bonds. The number of hydrogen-bond donors (Lipinski definition) is 2. The summed E-state index contributed by atoms with van der Waals surface area (Å²) in [6.07, 6.45) is 2.42. The predicted molar refractivity (Wildman–Crippen MR) is 98.7 cm³/mol. The highest BCUT2D eigenvalue weighted by molar-refractivity contribution is 7.09. The van der Waals surface area contributed by atoms with Gasteiger partial charge in [-0.1, -0.05) is 36.4 Å². The average Bonchev–Trinajstić information content (AvgIpc) is 3.09. The maximum absolute atomic E-state index is 11.8. The van der Waals surface area contributed by atoms with Crippen LogP contribution in [0.5, 0.6) is 0 Å². The second-order valence-electron chi connectivity index (χ2n) is 6.48. The van der Waals surface area contributed by atoms with E-state index in [1.54, 1.807) is 0 Å². The van der Waals surface area contributed by atoms with Gasteiger partial charge in [0.05, 0.1) is 0 Å². The third-order valence-electron chi connectivity index (χ3n) is 4.59. The summed E-state index contributed by atoms with van der Waals surface area (Å²) < 4.78 is 0. The number of nitrogens with one attached hydrogen (secondary N) is 1. The number of nitrogens with two attached hydrogens (primary N) is 1. The van der Waals surface area contributed by atoms with E-state index in [0.29, 0.717) is 5.92 Å². The van der Waals surface area contributed by atoms with Gasteiger partial charge >= 0.3 is 0 Å². The van der Waals surface area contributed by atoms with E-state index in [2.05, 4.69) is 27.7 Å². The van der Waals surface area contributed by atoms with Gasteiger partial charge in [0.25, 0.3) is 0 Å². The van der Waals surface area contributed by atoms with E-state index in [1.165, 1.54) is 17.7 Å². The topological polar surface area (TPSA) is 58.4 Å². The molecule has 1 saturated heterocycles. The monoisotopic (exact) mass is 343 g/mol. The Morgan fingerprint density at radius 3 is 2.83 bits per heavy atom. The van der Waals surface area contributed by atoms with Crippen molar-refractivity contribution in [3.8, 4) is 0 Å². The fourth-order valence-corrected chi connectivity index (χ4v) is 4.14. The van der Waals surface area contributed by atoms with Crippen LogP contribution in [0.1, 0.15) is 29.3 Å². The van der Waals surface area contributed by atoms with Crippen molar-refractivity contribution in [2.45, 2.75) is 25.4 Å². The standard InChI is InChI=1S/C19H25N3OS/c20-19(23)18(16-7-2-1-3-8-16)21-12-15-6-4-10-22(13-15)14-17-9-5-11-24-17/h1-3,5,7-9,11,15,18,21H,4,6,10,12-14H2,(H2,20,23). The largest absolute Gasteiger partial charge is 0.368 e. The summed E-state index contributed by atoms with van der Waals surface area (Å²) in [5.41, 5.74) is 6.53. The lowest BCUT2D eigenvalue weighted by molar-refractivity contribution is -0.120. The first kappa shape index (κ1) is 17.1. The molecule has 3 rings (SSSR count). The van der Waals surface area contributed by atoms with Crippen LogP contribution in [0, 0.1) is 5.92 Å². The molecular formula is C19H25N3OS. The number of amides is 1. The van der Waals surface area contributed by atoms with E-state index < -0.39 is 6.04 Å². The van der Waals surface area contributed by atoms with Crippen molar-refractivity contribution >= 4 is 17.2 Å². The maximum atomic E-state index is 11.8. The number of hydrogen-bond acceptors (Lipinski definition) is 4. The third-order valence-corrected chi connectivity index (χ3v) is 5.45. The number of piperidine rings is 1. The zero-order chi connectivity index (χ0) is 16.8. The smallest absolute Gasteiger partial charge is 0.239 e. The summed E-state index contributed by atoms with van der Waals surface area (Å²) in [6, 6.07) is 13.6. The molecule has 3 N–H and O–H groups in total. The van der Waals surface area contributed by atoms with E-state index in [0.717, 1.165) is 31.7 Å². The molecule has 1 aliphatic heterocycles. The van der Waals surface area contributed by atoms with Crippen LogP contribution in [0.15, 0.2) is 47.8 Å². The maximum Gasteiger partial charge on any atom is 0.239 e. The number of carbonyl (C=O) groups excluding carboxylic acids is 1. The van der Waals surface area contributed by atoms with Crippen LogP contribution in [-0.2, 0) is 11.3 Å². The second-order valence-corrected chi connectivity index (χ2v) is 7.51. The molecule has 0 saturated carbocycles. The lowest BCUT2D eigenvalue weighted by Gasteiger charge is -2.33. The molecular weight excluding hydrogens is 318 g/mol. The number of benzene rings is 1. The molecule has 1 fully saturated rings. The van der Waals surface area contributed by atoms with Crippen LogP contribution in [-0.4, -0.2) is 30.4 Å². The van der Waals surface area contributed by atoms with Crippen LogP contribution in [0.4, 0.5) is 0 Å². The molecule has 0 spiro atoms. The summed E-state index contributed by atoms with van der Waals surface area (Å²) in [5.74, 6) is 0.247. The van der Waals surface area contributed by atoms with Crippen molar-refractivity contribution < 1.29 is 4.79 Å². The summed E-state index contributed by atoms with van der Waals surface area (Å²) in [6.45, 7) is 4.09. The molecule has 24 heavy (non-hydrogen) atoms. The van der Waals surface area contributed by atoms with Crippen molar-refractivity contribution in [2.75, 3.05) is 19.6 Å². The Balaban J connectivity index is 1.54. The normalized spacial score (nSPS) is 19.9. The molecule has 2 heterocycles. The van der Waals surface area contributed by atoms with Gasteiger partial charge in [-0.3, -0.25) is 9.69 Å². The number of thiophene rings is 1. The van der Waals surface area contributed by atoms with Crippen molar-refractivity contribution in [1.29, 1.82) is 0 Å². The number of nitrogens with zero attached hydrogens (tertiary/aromatic N) is 1. The Bertz CT molecular complexity index is 629. The molecule has 0 radical (unpaired) electrons. The summed E-state index contributed by atoms with van der Waals surface area (Å²) in [7, 11) is 0. The molecule has 5 heteroatoms. The Hall–Kier alpha value is -1.69. The molecule has 1 aliphatic rings. The first-order valence-corrected chi connectivity index (χ1v) is 9.42. The van der Waals surface area contributed by atoms with Crippen molar-refractivity contribution in [2.24, 2.45) is 11.7 Å². The van der Waals surface area contributed by atoms with Crippen LogP contribution in [0.2, 0.25) is 0 Å². The molecule has 2 aromatic rings. The Morgan fingerprint density at radius 2 is 2.12 bits per heavy atom. The summed E-state index contributed by atoms with van der Waals surface area (Å²) in [5, 5.41) is 5.52. The predicted octanol–water partition coefficient (Wildman–Crippen LogP) is 2.78. The van der Waals surface area contributed by atoms with E-state index >= 15 is 0 Å². The lowest BCUT2D eigenvalue weighted by atomic mass is 9.97. The van der Waals surface area contributed by atoms with E-state index in [-0.39, 0.29) is 5.91 Å². The average molecular weight is 343 g/mol. The zero-order valence-electron chi connectivity index (χ0n) is 13.9. The molecule has 1 aromatic carbocycles. The lowest BCUT2D eigenvalue weighted by Crippen LogP contribution is -2.42. The molecule has 2 unspecified atom stereocenters. The minimum atomic E-state index is -0.404. The van der Waals surface area contributed by atoms with Crippen molar-refractivity contribution in [1.82, 2.24) is 10.2 Å². The first-order chi connectivity index (χ1) is 11.7. The second kappa shape index (κ2) is 8.42. The van der Waals surface area contributed by atoms with Gasteiger partial charge in [-0.05, 0) is 42.3 Å². The summed E-state index contributed by atoms with van der Waals surface area (Å²) >= 11 is 1.82. The molecule has 1 aromatic heterocycles. The van der Waals surface area contributed by atoms with Gasteiger partial charge in [-0.25, -0.2) is 0 Å². The van der Waals surface area contributed by atoms with Gasteiger partial charge in [0.1, 0.15) is 6.04 Å². The SMILES string of the molecule is NC(=O)C(NCC1CCCN(Cc2cccs2)C1)c1ccccc1. The number of primary amides is 1. The zero-order valence-corrected chi connectivity index (χ0v) is 14.7. The van der Waals surface area contributed by atoms with E-state index in [9.17, 15) is 4.79 Å². The minimum Gasteiger partial charge on any atom is -0.368 e. The van der Waals surface area contributed by atoms with Gasteiger partial charge in [0.15, 0.2) is 0 Å². The van der Waals surface area contributed by atoms with Crippen LogP contribution < -0.4 is 11.1 Å². The van der Waals surface area contributed by atoms with Gasteiger partial charge in [0, 0.05) is 24.5 Å². The number of carbonyl (C=O) groups is 1. The Labute approximate surface area is 147 Å². The van der Waals surface area contributed by atoms with E-state index in [1.807, 2.05) is 41.7 Å². The van der Waals surface area contributed by atoms with E-state index in [4.69, 9.17) is 5.73 Å². The van der Waals surface area contributed by atoms with Crippen molar-refractivity contribution in [3.63, 3.8) is 0 Å². The third kappa shape index (κ3) is 4.66. The van der Waals surface area contributed by atoms with Crippen LogP contribution >= 0.6 is 11.3 Å². The molecule has 4 nitrogen and oxygen atoms in total. The number of likely N-dealkylation sites (tertiary alicyclic amines) is 1. The van der Waals surface area contributed by atoms with Gasteiger partial charge in [-0.2, -0.15) is 0 Å². The van der Waals surface area contributed by atoms with Gasteiger partial charge < -0.3 is 11.1 Å². The number of rotatable bonds is 7. The molecule has 0 bridgehead atoms. The highest BCUT2D eigenvalue weighted by Crippen LogP contribution is 2.21. The quantitative estimate of drug-likeness (QED) is 0.813. The highest BCUT2D eigenvalue weighted by atomic mass is 32.1. The van der Waals surface area contributed by atoms with Crippen molar-refractivity contribution in [3.05, 3.63) is 58.3 Å². The fourth-order valence-electron chi connectivity index (χ4n) is 3.40. The first-order valence-electron chi connectivity index (χ1n) is 8.55. The fraction of sp³-hybridized carbons (Fsp3) is 0.421. The summed E-state index contributed by atoms with van der Waals surface area (Å²) in [4.78, 5) is 15.7. The molecule has 2 atom stereocenters. The Morgan fingerprint density at radius 1 is 1.29 bits per heavy atom.